The van der Waals surface area contributed by atoms with Crippen LogP contribution < -0.4 is 0 Å². The molecule has 1 aromatic heterocycles. The summed E-state index contributed by atoms with van der Waals surface area (Å²) in [6.45, 7) is 1.81. The predicted octanol–water partition coefficient (Wildman–Crippen LogP) is 2.21. The molecule has 0 unspecified atom stereocenters. The first-order valence-electron chi connectivity index (χ1n) is 5.74. The van der Waals surface area contributed by atoms with Crippen molar-refractivity contribution in [2.75, 3.05) is 6.26 Å². The van der Waals surface area contributed by atoms with Crippen LogP contribution in [0.3, 0.4) is 0 Å². The molecule has 0 aliphatic rings. The Balaban J connectivity index is 2.21. The molecular weight excluding hydrogens is 298 g/mol. The molecule has 2 rings (SSSR count). The standard InChI is InChI=1S/C13H13NO4S2/c1-9-3-4-10(20(2,16)17)7-11(9)13(15)18-8-12-14-5-6-19-12/h3-7H,8H2,1-2H3. The van der Waals surface area contributed by atoms with Gasteiger partial charge < -0.3 is 4.74 Å². The van der Waals surface area contributed by atoms with Gasteiger partial charge in [0.05, 0.1) is 10.5 Å². The van der Waals surface area contributed by atoms with Crippen molar-refractivity contribution in [3.8, 4) is 0 Å². The van der Waals surface area contributed by atoms with Gasteiger partial charge in [-0.05, 0) is 24.6 Å². The van der Waals surface area contributed by atoms with Crippen LogP contribution in [0, 0.1) is 6.92 Å². The molecule has 0 saturated heterocycles. The van der Waals surface area contributed by atoms with Gasteiger partial charge in [0.25, 0.3) is 0 Å². The minimum atomic E-state index is -3.35. The quantitative estimate of drug-likeness (QED) is 0.809. The molecule has 0 atom stereocenters. The lowest BCUT2D eigenvalue weighted by Gasteiger charge is -2.07. The van der Waals surface area contributed by atoms with Crippen LogP contribution in [0.5, 0.6) is 0 Å². The molecule has 7 heteroatoms. The maximum atomic E-state index is 12.0. The van der Waals surface area contributed by atoms with Crippen LogP contribution in [-0.2, 0) is 21.2 Å². The van der Waals surface area contributed by atoms with Crippen molar-refractivity contribution < 1.29 is 17.9 Å². The van der Waals surface area contributed by atoms with Gasteiger partial charge in [0.2, 0.25) is 0 Å². The smallest absolute Gasteiger partial charge is 0.338 e. The molecule has 0 bridgehead atoms. The van der Waals surface area contributed by atoms with Gasteiger partial charge in [0.15, 0.2) is 9.84 Å². The second-order valence-electron chi connectivity index (χ2n) is 4.25. The monoisotopic (exact) mass is 311 g/mol. The number of hydrogen-bond donors (Lipinski definition) is 0. The molecule has 0 amide bonds. The number of ether oxygens (including phenoxy) is 1. The highest BCUT2D eigenvalue weighted by atomic mass is 32.2. The van der Waals surface area contributed by atoms with Crippen molar-refractivity contribution in [1.82, 2.24) is 4.98 Å². The van der Waals surface area contributed by atoms with Crippen molar-refractivity contribution in [3.63, 3.8) is 0 Å². The van der Waals surface area contributed by atoms with Crippen molar-refractivity contribution in [1.29, 1.82) is 0 Å². The van der Waals surface area contributed by atoms with E-state index in [0.29, 0.717) is 10.6 Å². The first-order valence-corrected chi connectivity index (χ1v) is 8.51. The third-order valence-electron chi connectivity index (χ3n) is 2.67. The van der Waals surface area contributed by atoms with E-state index in [1.807, 2.05) is 0 Å². The molecule has 1 aromatic carbocycles. The van der Waals surface area contributed by atoms with Gasteiger partial charge in [-0.1, -0.05) is 6.07 Å². The molecule has 0 spiro atoms. The average molecular weight is 311 g/mol. The van der Waals surface area contributed by atoms with E-state index < -0.39 is 15.8 Å². The number of benzene rings is 1. The molecule has 2 aromatic rings. The summed E-state index contributed by atoms with van der Waals surface area (Å²) in [5.41, 5.74) is 0.922. The summed E-state index contributed by atoms with van der Waals surface area (Å²) < 4.78 is 28.1. The first kappa shape index (κ1) is 14.7. The summed E-state index contributed by atoms with van der Waals surface area (Å²) in [6, 6.07) is 4.41. The summed E-state index contributed by atoms with van der Waals surface area (Å²) in [5.74, 6) is -0.553. The lowest BCUT2D eigenvalue weighted by Crippen LogP contribution is -2.09. The summed E-state index contributed by atoms with van der Waals surface area (Å²) in [6.07, 6.45) is 2.73. The van der Waals surface area contributed by atoms with E-state index in [4.69, 9.17) is 4.74 Å². The summed E-state index contributed by atoms with van der Waals surface area (Å²) in [7, 11) is -3.35. The van der Waals surface area contributed by atoms with Crippen LogP contribution in [0.25, 0.3) is 0 Å². The number of esters is 1. The zero-order valence-corrected chi connectivity index (χ0v) is 12.6. The Morgan fingerprint density at radius 2 is 2.15 bits per heavy atom. The van der Waals surface area contributed by atoms with Crippen molar-refractivity contribution >= 4 is 27.1 Å². The minimum Gasteiger partial charge on any atom is -0.455 e. The number of sulfone groups is 1. The molecule has 0 saturated carbocycles. The number of aryl methyl sites for hydroxylation is 1. The van der Waals surface area contributed by atoms with Gasteiger partial charge in [-0.2, -0.15) is 0 Å². The Morgan fingerprint density at radius 1 is 1.40 bits per heavy atom. The van der Waals surface area contributed by atoms with E-state index in [2.05, 4.69) is 4.98 Å². The zero-order valence-electron chi connectivity index (χ0n) is 11.0. The number of thiazole rings is 1. The highest BCUT2D eigenvalue weighted by molar-refractivity contribution is 7.90. The van der Waals surface area contributed by atoms with Crippen LogP contribution in [-0.4, -0.2) is 25.6 Å². The topological polar surface area (TPSA) is 73.3 Å². The Morgan fingerprint density at radius 3 is 2.75 bits per heavy atom. The normalized spacial score (nSPS) is 11.3. The van der Waals surface area contributed by atoms with Crippen LogP contribution in [0.15, 0.2) is 34.7 Å². The fraction of sp³-hybridized carbons (Fsp3) is 0.231. The number of carbonyl (C=O) groups excluding carboxylic acids is 1. The summed E-state index contributed by atoms with van der Waals surface area (Å²) >= 11 is 1.39. The number of aromatic nitrogens is 1. The van der Waals surface area contributed by atoms with E-state index in [9.17, 15) is 13.2 Å². The van der Waals surface area contributed by atoms with Gasteiger partial charge in [-0.15, -0.1) is 11.3 Å². The molecule has 0 radical (unpaired) electrons. The lowest BCUT2D eigenvalue weighted by molar-refractivity contribution is 0.0471. The molecule has 0 aliphatic heterocycles. The minimum absolute atomic E-state index is 0.0824. The van der Waals surface area contributed by atoms with Crippen molar-refractivity contribution in [3.05, 3.63) is 45.9 Å². The number of nitrogens with zero attached hydrogens (tertiary/aromatic N) is 1. The van der Waals surface area contributed by atoms with Crippen molar-refractivity contribution in [2.45, 2.75) is 18.4 Å². The number of hydrogen-bond acceptors (Lipinski definition) is 6. The second-order valence-corrected chi connectivity index (χ2v) is 7.25. The summed E-state index contributed by atoms with van der Waals surface area (Å²) in [5, 5.41) is 2.48. The van der Waals surface area contributed by atoms with Crippen LogP contribution in [0.4, 0.5) is 0 Å². The molecule has 5 nitrogen and oxygen atoms in total. The molecule has 1 heterocycles. The van der Waals surface area contributed by atoms with Gasteiger partial charge >= 0.3 is 5.97 Å². The Kier molecular flexibility index (Phi) is 4.20. The summed E-state index contributed by atoms with van der Waals surface area (Å²) in [4.78, 5) is 16.1. The van der Waals surface area contributed by atoms with Gasteiger partial charge in [-0.25, -0.2) is 18.2 Å². The molecule has 0 N–H and O–H groups in total. The first-order chi connectivity index (χ1) is 9.38. The SMILES string of the molecule is Cc1ccc(S(C)(=O)=O)cc1C(=O)OCc1nccs1. The molecular formula is C13H13NO4S2. The molecule has 106 valence electrons. The third kappa shape index (κ3) is 3.43. The second kappa shape index (κ2) is 5.72. The average Bonchev–Trinajstić information content (AvgIpc) is 2.88. The van der Waals surface area contributed by atoms with Crippen LogP contribution >= 0.6 is 11.3 Å². The Hall–Kier alpha value is -1.73. The largest absolute Gasteiger partial charge is 0.455 e. The Bertz CT molecular complexity index is 721. The molecule has 20 heavy (non-hydrogen) atoms. The third-order valence-corrected chi connectivity index (χ3v) is 4.53. The van der Waals surface area contributed by atoms with Crippen molar-refractivity contribution in [2.24, 2.45) is 0 Å². The lowest BCUT2D eigenvalue weighted by atomic mass is 10.1. The van der Waals surface area contributed by atoms with E-state index in [-0.39, 0.29) is 17.1 Å². The van der Waals surface area contributed by atoms with E-state index in [1.54, 1.807) is 24.6 Å². The van der Waals surface area contributed by atoms with E-state index in [0.717, 1.165) is 6.26 Å². The highest BCUT2D eigenvalue weighted by Crippen LogP contribution is 2.17. The highest BCUT2D eigenvalue weighted by Gasteiger charge is 2.15. The zero-order chi connectivity index (χ0) is 14.8. The predicted molar refractivity (Wildman–Crippen MR) is 75.5 cm³/mol. The van der Waals surface area contributed by atoms with E-state index in [1.165, 1.54) is 23.5 Å². The van der Waals surface area contributed by atoms with Gasteiger partial charge in [0, 0.05) is 17.8 Å². The molecule has 0 aliphatic carbocycles. The van der Waals surface area contributed by atoms with Gasteiger partial charge in [-0.3, -0.25) is 0 Å². The van der Waals surface area contributed by atoms with Crippen LogP contribution in [0.1, 0.15) is 20.9 Å². The maximum absolute atomic E-state index is 12.0. The fourth-order valence-corrected chi connectivity index (χ4v) is 2.76. The van der Waals surface area contributed by atoms with Crippen LogP contribution in [0.2, 0.25) is 0 Å². The van der Waals surface area contributed by atoms with E-state index >= 15 is 0 Å². The Labute approximate surface area is 121 Å². The fourth-order valence-electron chi connectivity index (χ4n) is 1.58. The number of carbonyl (C=O) groups is 1. The number of rotatable bonds is 4. The van der Waals surface area contributed by atoms with Gasteiger partial charge in [0.1, 0.15) is 11.6 Å². The maximum Gasteiger partial charge on any atom is 0.338 e. The molecule has 0 fully saturated rings.